The Morgan fingerprint density at radius 3 is 2.40 bits per heavy atom. The molecule has 114 valence electrons. The molecule has 2 N–H and O–H groups in total. The van der Waals surface area contributed by atoms with E-state index in [4.69, 9.17) is 5.73 Å². The third kappa shape index (κ3) is 4.45. The van der Waals surface area contributed by atoms with E-state index in [0.717, 1.165) is 31.6 Å². The van der Waals surface area contributed by atoms with Crippen molar-refractivity contribution in [1.82, 2.24) is 4.90 Å². The van der Waals surface area contributed by atoms with Crippen molar-refractivity contribution in [2.45, 2.75) is 30.8 Å². The van der Waals surface area contributed by atoms with Gasteiger partial charge in [0, 0.05) is 25.4 Å². The third-order valence-electron chi connectivity index (χ3n) is 3.81. The molecule has 1 aromatic rings. The van der Waals surface area contributed by atoms with Gasteiger partial charge in [-0.3, -0.25) is 4.90 Å². The number of piperidine rings is 1. The average Bonchev–Trinajstić information content (AvgIpc) is 2.33. The maximum absolute atomic E-state index is 11.4. The van der Waals surface area contributed by atoms with Gasteiger partial charge in [-0.1, -0.05) is 19.1 Å². The summed E-state index contributed by atoms with van der Waals surface area (Å²) in [5, 5.41) is 0. The van der Waals surface area contributed by atoms with Crippen molar-refractivity contribution in [3.8, 4) is 0 Å². The Morgan fingerprint density at radius 1 is 1.30 bits per heavy atom. The summed E-state index contributed by atoms with van der Waals surface area (Å²) in [6.07, 6.45) is 2.26. The molecule has 1 aliphatic rings. The smallest absolute Gasteiger partial charge is 0.175 e. The maximum atomic E-state index is 11.4. The van der Waals surface area contributed by atoms with Gasteiger partial charge in [-0.05, 0) is 36.6 Å². The van der Waals surface area contributed by atoms with Gasteiger partial charge in [0.05, 0.1) is 4.90 Å². The van der Waals surface area contributed by atoms with Crippen LogP contribution >= 0.6 is 12.4 Å². The second-order valence-corrected chi connectivity index (χ2v) is 7.60. The first-order chi connectivity index (χ1) is 8.86. The molecular weight excluding hydrogens is 296 g/mol. The minimum atomic E-state index is -3.10. The second-order valence-electron chi connectivity index (χ2n) is 5.58. The van der Waals surface area contributed by atoms with Crippen LogP contribution in [-0.2, 0) is 16.4 Å². The Hall–Kier alpha value is -0.620. The van der Waals surface area contributed by atoms with Crippen LogP contribution in [0.5, 0.6) is 0 Å². The summed E-state index contributed by atoms with van der Waals surface area (Å²) in [6.45, 7) is 5.07. The molecule has 6 heteroatoms. The minimum Gasteiger partial charge on any atom is -0.327 e. The number of sulfone groups is 1. The van der Waals surface area contributed by atoms with Gasteiger partial charge in [-0.15, -0.1) is 12.4 Å². The first-order valence-electron chi connectivity index (χ1n) is 6.63. The first-order valence-corrected chi connectivity index (χ1v) is 8.52. The van der Waals surface area contributed by atoms with Gasteiger partial charge < -0.3 is 5.73 Å². The van der Waals surface area contributed by atoms with E-state index in [1.165, 1.54) is 6.26 Å². The van der Waals surface area contributed by atoms with Gasteiger partial charge in [0.2, 0.25) is 0 Å². The van der Waals surface area contributed by atoms with Gasteiger partial charge in [0.1, 0.15) is 0 Å². The second kappa shape index (κ2) is 6.89. The van der Waals surface area contributed by atoms with Crippen LogP contribution in [-0.4, -0.2) is 38.7 Å². The summed E-state index contributed by atoms with van der Waals surface area (Å²) in [7, 11) is -3.10. The number of halogens is 1. The third-order valence-corrected chi connectivity index (χ3v) is 4.94. The topological polar surface area (TPSA) is 63.4 Å². The lowest BCUT2D eigenvalue weighted by Gasteiger charge is -2.35. The lowest BCUT2D eigenvalue weighted by Crippen LogP contribution is -2.45. The number of nitrogens with zero attached hydrogens (tertiary/aromatic N) is 1. The van der Waals surface area contributed by atoms with Crippen LogP contribution in [0.25, 0.3) is 0 Å². The fourth-order valence-corrected chi connectivity index (χ4v) is 3.12. The zero-order chi connectivity index (χ0) is 14.0. The van der Waals surface area contributed by atoms with E-state index in [1.807, 2.05) is 12.1 Å². The molecule has 0 amide bonds. The summed E-state index contributed by atoms with van der Waals surface area (Å²) >= 11 is 0. The molecule has 0 bridgehead atoms. The van der Waals surface area contributed by atoms with Gasteiger partial charge in [-0.2, -0.15) is 0 Å². The van der Waals surface area contributed by atoms with Crippen LogP contribution in [0.4, 0.5) is 0 Å². The van der Waals surface area contributed by atoms with Gasteiger partial charge in [0.15, 0.2) is 9.84 Å². The van der Waals surface area contributed by atoms with E-state index in [1.54, 1.807) is 12.1 Å². The van der Waals surface area contributed by atoms with Gasteiger partial charge in [0.25, 0.3) is 0 Å². The van der Waals surface area contributed by atoms with E-state index in [-0.39, 0.29) is 12.4 Å². The van der Waals surface area contributed by atoms with E-state index in [9.17, 15) is 8.42 Å². The molecular formula is C14H23ClN2O2S. The number of likely N-dealkylation sites (tertiary alicyclic amines) is 1. The molecule has 0 spiro atoms. The van der Waals surface area contributed by atoms with Crippen LogP contribution < -0.4 is 5.73 Å². The normalized spacial score (nSPS) is 24.1. The summed E-state index contributed by atoms with van der Waals surface area (Å²) < 4.78 is 22.8. The Balaban J connectivity index is 0.00000200. The molecule has 0 saturated carbocycles. The molecule has 2 unspecified atom stereocenters. The Morgan fingerprint density at radius 2 is 1.90 bits per heavy atom. The molecule has 2 atom stereocenters. The fourth-order valence-electron chi connectivity index (χ4n) is 2.49. The monoisotopic (exact) mass is 318 g/mol. The summed E-state index contributed by atoms with van der Waals surface area (Å²) in [5.74, 6) is 0.518. The Labute approximate surface area is 127 Å². The highest BCUT2D eigenvalue weighted by Crippen LogP contribution is 2.18. The van der Waals surface area contributed by atoms with Crippen molar-refractivity contribution in [2.24, 2.45) is 11.7 Å². The van der Waals surface area contributed by atoms with Crippen LogP contribution in [0, 0.1) is 5.92 Å². The highest BCUT2D eigenvalue weighted by atomic mass is 35.5. The number of rotatable bonds is 3. The lowest BCUT2D eigenvalue weighted by atomic mass is 9.94. The Kier molecular flexibility index (Phi) is 6.01. The molecule has 2 rings (SSSR count). The summed E-state index contributed by atoms with van der Waals surface area (Å²) in [6, 6.07) is 7.47. The van der Waals surface area contributed by atoms with Crippen LogP contribution in [0.1, 0.15) is 18.9 Å². The van der Waals surface area contributed by atoms with E-state index < -0.39 is 9.84 Å². The summed E-state index contributed by atoms with van der Waals surface area (Å²) in [4.78, 5) is 2.76. The molecule has 1 saturated heterocycles. The lowest BCUT2D eigenvalue weighted by molar-refractivity contribution is 0.158. The standard InChI is InChI=1S/C14H22N2O2S.ClH/c1-11-9-16(8-7-14(11)15)10-12-3-5-13(6-4-12)19(2,17)18;/h3-6,11,14H,7-10,15H2,1-2H3;1H. The molecule has 1 fully saturated rings. The molecule has 20 heavy (non-hydrogen) atoms. The van der Waals surface area contributed by atoms with Crippen molar-refractivity contribution in [1.29, 1.82) is 0 Å². The van der Waals surface area contributed by atoms with Crippen molar-refractivity contribution in [3.63, 3.8) is 0 Å². The first kappa shape index (κ1) is 17.4. The van der Waals surface area contributed by atoms with Crippen LogP contribution in [0.15, 0.2) is 29.2 Å². The zero-order valence-corrected chi connectivity index (χ0v) is 13.6. The van der Waals surface area contributed by atoms with E-state index >= 15 is 0 Å². The fraction of sp³-hybridized carbons (Fsp3) is 0.571. The van der Waals surface area contributed by atoms with Gasteiger partial charge in [-0.25, -0.2) is 8.42 Å². The molecule has 0 radical (unpaired) electrons. The number of hydrogen-bond donors (Lipinski definition) is 1. The van der Waals surface area contributed by atoms with Crippen LogP contribution in [0.2, 0.25) is 0 Å². The molecule has 1 aromatic carbocycles. The minimum absolute atomic E-state index is 0. The largest absolute Gasteiger partial charge is 0.327 e. The van der Waals surface area contributed by atoms with Crippen molar-refractivity contribution in [2.75, 3.05) is 19.3 Å². The van der Waals surface area contributed by atoms with Crippen molar-refractivity contribution in [3.05, 3.63) is 29.8 Å². The molecule has 1 heterocycles. The van der Waals surface area contributed by atoms with Crippen molar-refractivity contribution >= 4 is 22.2 Å². The number of nitrogens with two attached hydrogens (primary N) is 1. The molecule has 0 aliphatic carbocycles. The molecule has 4 nitrogen and oxygen atoms in total. The summed E-state index contributed by atoms with van der Waals surface area (Å²) in [5.41, 5.74) is 7.16. The number of benzene rings is 1. The Bertz CT molecular complexity index is 531. The van der Waals surface area contributed by atoms with Crippen molar-refractivity contribution < 1.29 is 8.42 Å². The SMILES string of the molecule is CC1CN(Cc2ccc(S(C)(=O)=O)cc2)CCC1N.Cl. The van der Waals surface area contributed by atoms with E-state index in [2.05, 4.69) is 11.8 Å². The maximum Gasteiger partial charge on any atom is 0.175 e. The predicted molar refractivity (Wildman–Crippen MR) is 83.8 cm³/mol. The van der Waals surface area contributed by atoms with Crippen LogP contribution in [0.3, 0.4) is 0 Å². The van der Waals surface area contributed by atoms with E-state index in [0.29, 0.717) is 16.9 Å². The quantitative estimate of drug-likeness (QED) is 0.921. The number of hydrogen-bond acceptors (Lipinski definition) is 4. The molecule has 0 aromatic heterocycles. The zero-order valence-electron chi connectivity index (χ0n) is 12.0. The predicted octanol–water partition coefficient (Wildman–Crippen LogP) is 1.68. The average molecular weight is 319 g/mol. The highest BCUT2D eigenvalue weighted by molar-refractivity contribution is 7.90. The van der Waals surface area contributed by atoms with Gasteiger partial charge >= 0.3 is 0 Å². The highest BCUT2D eigenvalue weighted by Gasteiger charge is 2.22. The molecule has 1 aliphatic heterocycles.